The molecule has 1 heterocycles. The van der Waals surface area contributed by atoms with Crippen LogP contribution in [0, 0.1) is 10.8 Å². The second-order valence-corrected chi connectivity index (χ2v) is 17.9. The Morgan fingerprint density at radius 1 is 0.857 bits per heavy atom. The van der Waals surface area contributed by atoms with Crippen molar-refractivity contribution >= 4 is 29.4 Å². The fourth-order valence-electron chi connectivity index (χ4n) is 4.18. The van der Waals surface area contributed by atoms with Gasteiger partial charge >= 0.3 is 0 Å². The molecular weight excluding hydrogens is 489 g/mol. The van der Waals surface area contributed by atoms with E-state index >= 15 is 0 Å². The highest BCUT2D eigenvalue weighted by Gasteiger charge is 2.36. The van der Waals surface area contributed by atoms with Crippen molar-refractivity contribution < 1.29 is 18.7 Å². The van der Waals surface area contributed by atoms with Gasteiger partial charge in [-0.15, -0.1) is 11.3 Å². The van der Waals surface area contributed by atoms with Gasteiger partial charge in [0.05, 0.1) is 18.3 Å². The Labute approximate surface area is 221 Å². The molecule has 0 bridgehead atoms. The molecule has 0 amide bonds. The van der Waals surface area contributed by atoms with Gasteiger partial charge in [0.15, 0.2) is 18.1 Å². The highest BCUT2D eigenvalue weighted by atomic mass is 32.1. The molecule has 2 aromatic rings. The number of aliphatic hydroxyl groups excluding tert-OH is 1. The van der Waals surface area contributed by atoms with Crippen LogP contribution in [0.5, 0.6) is 5.75 Å². The van der Waals surface area contributed by atoms with Crippen LogP contribution in [0.25, 0.3) is 0 Å². The number of aliphatic hydroxyl groups is 1. The first kappa shape index (κ1) is 30.3. The second-order valence-electron chi connectivity index (χ2n) is 12.2. The van der Waals surface area contributed by atoms with Crippen LogP contribution in [0.1, 0.15) is 94.8 Å². The summed E-state index contributed by atoms with van der Waals surface area (Å²) in [6.45, 7) is 24.9. The summed E-state index contributed by atoms with van der Waals surface area (Å²) in [5.74, 6) is 0.840. The molecule has 198 valence electrons. The van der Waals surface area contributed by atoms with Crippen molar-refractivity contribution in [3.05, 3.63) is 51.2 Å². The van der Waals surface area contributed by atoms with E-state index in [9.17, 15) is 5.11 Å². The summed E-state index contributed by atoms with van der Waals surface area (Å²) in [6, 6.07) is 8.50. The third-order valence-corrected chi connectivity index (χ3v) is 8.40. The van der Waals surface area contributed by atoms with E-state index in [0.717, 1.165) is 16.2 Å². The largest absolute Gasteiger partial charge is 0.488 e. The lowest BCUT2D eigenvalue weighted by atomic mass is 9.77. The minimum Gasteiger partial charge on any atom is -0.488 e. The van der Waals surface area contributed by atoms with Gasteiger partial charge in [0.2, 0.25) is 0 Å². The third kappa shape index (κ3) is 8.83. The molecule has 2 rings (SSSR count). The number of hydrogen-bond acceptors (Lipinski definition) is 5. The van der Waals surface area contributed by atoms with Crippen LogP contribution in [-0.2, 0) is 15.5 Å². The Morgan fingerprint density at radius 2 is 1.40 bits per heavy atom. The lowest BCUT2D eigenvalue weighted by Gasteiger charge is -2.39. The second kappa shape index (κ2) is 12.5. The van der Waals surface area contributed by atoms with E-state index in [1.807, 2.05) is 12.3 Å². The van der Waals surface area contributed by atoms with Gasteiger partial charge in [-0.05, 0) is 83.7 Å². The molecule has 0 aliphatic rings. The van der Waals surface area contributed by atoms with Gasteiger partial charge in [-0.25, -0.2) is 0 Å². The number of ether oxygens (including phenoxy) is 1. The predicted molar refractivity (Wildman–Crippen MR) is 155 cm³/mol. The van der Waals surface area contributed by atoms with Crippen molar-refractivity contribution in [1.29, 1.82) is 0 Å². The number of benzene rings is 1. The highest BCUT2D eigenvalue weighted by molar-refractivity contribution is 7.10. The van der Waals surface area contributed by atoms with Crippen LogP contribution in [0.3, 0.4) is 0 Å². The zero-order valence-electron chi connectivity index (χ0n) is 23.8. The quantitative estimate of drug-likeness (QED) is 0.296. The maximum Gasteiger partial charge on any atom is 0.171 e. The zero-order valence-corrected chi connectivity index (χ0v) is 26.9. The van der Waals surface area contributed by atoms with Crippen LogP contribution >= 0.6 is 11.3 Å². The van der Waals surface area contributed by atoms with Crippen molar-refractivity contribution in [1.82, 2.24) is 0 Å². The van der Waals surface area contributed by atoms with Crippen LogP contribution in [0.2, 0.25) is 26.2 Å². The molecule has 1 aromatic carbocycles. The lowest BCUT2D eigenvalue weighted by molar-refractivity contribution is 0.0653. The summed E-state index contributed by atoms with van der Waals surface area (Å²) in [4.78, 5) is 1.11. The van der Waals surface area contributed by atoms with Gasteiger partial charge < -0.3 is 18.7 Å². The van der Waals surface area contributed by atoms with Gasteiger partial charge in [-0.1, -0.05) is 54.5 Å². The van der Waals surface area contributed by atoms with E-state index < -0.39 is 24.2 Å². The first-order valence-electron chi connectivity index (χ1n) is 13.0. The summed E-state index contributed by atoms with van der Waals surface area (Å²) in [5.41, 5.74) is 3.25. The van der Waals surface area contributed by atoms with Gasteiger partial charge in [-0.3, -0.25) is 0 Å². The summed E-state index contributed by atoms with van der Waals surface area (Å²) >= 11 is 1.63. The minimum absolute atomic E-state index is 0.00381. The van der Waals surface area contributed by atoms with Crippen LogP contribution in [0.4, 0.5) is 0 Å². The van der Waals surface area contributed by atoms with E-state index in [-0.39, 0.29) is 23.0 Å². The minimum atomic E-state index is -1.31. The Balaban J connectivity index is 2.49. The van der Waals surface area contributed by atoms with E-state index in [2.05, 4.69) is 92.0 Å². The van der Waals surface area contributed by atoms with E-state index in [1.165, 1.54) is 11.1 Å². The summed E-state index contributed by atoms with van der Waals surface area (Å²) in [5, 5.41) is 12.2. The molecule has 3 atom stereocenters. The van der Waals surface area contributed by atoms with Crippen molar-refractivity contribution in [3.8, 4) is 5.75 Å². The zero-order chi connectivity index (χ0) is 26.6. The normalized spacial score (nSPS) is 15.5. The Morgan fingerprint density at radius 3 is 1.89 bits per heavy atom. The third-order valence-electron chi connectivity index (χ3n) is 5.84. The molecule has 4 nitrogen and oxygen atoms in total. The van der Waals surface area contributed by atoms with E-state index in [1.54, 1.807) is 11.3 Å². The van der Waals surface area contributed by atoms with Crippen molar-refractivity contribution in [2.75, 3.05) is 0 Å². The number of hydrogen-bond donors (Lipinski definition) is 1. The molecular formula is C28H48O4SSi2. The predicted octanol–water partition coefficient (Wildman–Crippen LogP) is 7.94. The maximum atomic E-state index is 10.1. The molecule has 1 aromatic heterocycles. The molecule has 0 saturated heterocycles. The monoisotopic (exact) mass is 536 g/mol. The topological polar surface area (TPSA) is 47.9 Å². The fourth-order valence-corrected chi connectivity index (χ4v) is 7.22. The molecule has 0 saturated carbocycles. The molecule has 0 aliphatic heterocycles. The number of rotatable bonds is 11. The summed E-state index contributed by atoms with van der Waals surface area (Å²) in [6.07, 6.45) is 0.263. The molecule has 0 fully saturated rings. The van der Waals surface area contributed by atoms with E-state index in [4.69, 9.17) is 13.6 Å². The number of thiophene rings is 1. The van der Waals surface area contributed by atoms with Crippen molar-refractivity contribution in [3.63, 3.8) is 0 Å². The Bertz CT molecular complexity index is 928. The highest BCUT2D eigenvalue weighted by Crippen LogP contribution is 2.46. The van der Waals surface area contributed by atoms with Gasteiger partial charge in [0, 0.05) is 4.88 Å². The van der Waals surface area contributed by atoms with Crippen LogP contribution in [0.15, 0.2) is 29.6 Å². The first-order chi connectivity index (χ1) is 16.1. The van der Waals surface area contributed by atoms with Gasteiger partial charge in [0.1, 0.15) is 12.4 Å². The first-order valence-corrected chi connectivity index (χ1v) is 19.4. The molecule has 0 radical (unpaired) electrons. The van der Waals surface area contributed by atoms with Crippen molar-refractivity contribution in [2.24, 2.45) is 10.8 Å². The Kier molecular flexibility index (Phi) is 10.8. The van der Waals surface area contributed by atoms with Crippen LogP contribution < -0.4 is 4.74 Å². The van der Waals surface area contributed by atoms with E-state index in [0.29, 0.717) is 13.0 Å². The molecule has 0 spiro atoms. The average molecular weight is 537 g/mol. The summed E-state index contributed by atoms with van der Waals surface area (Å²) < 4.78 is 19.6. The fraction of sp³-hybridized carbons (Fsp3) is 0.643. The van der Waals surface area contributed by atoms with Crippen LogP contribution in [-0.4, -0.2) is 23.2 Å². The molecule has 3 unspecified atom stereocenters. The summed E-state index contributed by atoms with van der Waals surface area (Å²) in [7, 11) is -2.59. The molecule has 0 aliphatic carbocycles. The lowest BCUT2D eigenvalue weighted by Crippen LogP contribution is -2.31. The van der Waals surface area contributed by atoms with Crippen molar-refractivity contribution in [2.45, 2.75) is 106 Å². The molecule has 7 heteroatoms. The maximum absolute atomic E-state index is 10.1. The average Bonchev–Trinajstić information content (AvgIpc) is 3.21. The van der Waals surface area contributed by atoms with Gasteiger partial charge in [-0.2, -0.15) is 0 Å². The molecule has 1 N–H and O–H groups in total. The van der Waals surface area contributed by atoms with Gasteiger partial charge in [0.25, 0.3) is 0 Å². The molecule has 35 heavy (non-hydrogen) atoms. The standard InChI is InChI=1S/C28H48O4SSi2/c1-12-24(29)19-15-21(33-18-19)17-30-20-13-14-22(25(27(2,3)4)31-34(8)9)23(16-20)26(28(5,6)7)32-35(10)11/h13-16,18,24-26,29,34-35H,12,17H2,1-11H3. The smallest absolute Gasteiger partial charge is 0.171 e. The SMILES string of the molecule is CCC(O)c1csc(COc2ccc(C(O[SiH](C)C)C(C)(C)C)c(C(O[SiH](C)C)C(C)(C)C)c2)c1. The Hall–Kier alpha value is -0.966.